The molecule has 2 nitrogen and oxygen atoms in total. The molecule has 2 aromatic rings. The van der Waals surface area contributed by atoms with Crippen molar-refractivity contribution in [1.82, 2.24) is 4.98 Å². The van der Waals surface area contributed by atoms with Crippen molar-refractivity contribution in [1.29, 1.82) is 0 Å². The van der Waals surface area contributed by atoms with E-state index in [1.807, 2.05) is 0 Å². The van der Waals surface area contributed by atoms with E-state index in [9.17, 15) is 0 Å². The standard InChI is InChI=1S/C17H24N2S/c1-12-4-3-5-14(10-12)8-9-18-17-19-15-7-6-13(2)11-16(15)20-17/h6-7,11-12,14H,3-5,8-10H2,1-2H3,(H,18,19). The van der Waals surface area contributed by atoms with Gasteiger partial charge in [0.2, 0.25) is 0 Å². The SMILES string of the molecule is Cc1ccc2nc(NCCC3CCCC(C)C3)sc2c1. The van der Waals surface area contributed by atoms with Crippen molar-refractivity contribution in [2.24, 2.45) is 11.8 Å². The van der Waals surface area contributed by atoms with E-state index in [4.69, 9.17) is 0 Å². The van der Waals surface area contributed by atoms with E-state index in [1.165, 1.54) is 42.4 Å². The highest BCUT2D eigenvalue weighted by Gasteiger charge is 2.18. The second kappa shape index (κ2) is 6.13. The zero-order valence-corrected chi connectivity index (χ0v) is 13.3. The van der Waals surface area contributed by atoms with Gasteiger partial charge < -0.3 is 5.32 Å². The fraction of sp³-hybridized carbons (Fsp3) is 0.588. The Morgan fingerprint density at radius 1 is 1.35 bits per heavy atom. The van der Waals surface area contributed by atoms with E-state index in [2.05, 4.69) is 42.3 Å². The van der Waals surface area contributed by atoms with Gasteiger partial charge in [-0.1, -0.05) is 43.6 Å². The molecule has 1 aliphatic carbocycles. The van der Waals surface area contributed by atoms with Crippen LogP contribution in [0, 0.1) is 18.8 Å². The maximum Gasteiger partial charge on any atom is 0.183 e. The summed E-state index contributed by atoms with van der Waals surface area (Å²) in [4.78, 5) is 4.66. The van der Waals surface area contributed by atoms with Crippen molar-refractivity contribution in [3.63, 3.8) is 0 Å². The molecule has 2 unspecified atom stereocenters. The summed E-state index contributed by atoms with van der Waals surface area (Å²) in [7, 11) is 0. The summed E-state index contributed by atoms with van der Waals surface area (Å²) in [6.45, 7) is 5.60. The lowest BCUT2D eigenvalue weighted by Crippen LogP contribution is -2.16. The maximum atomic E-state index is 4.66. The Kier molecular flexibility index (Phi) is 4.25. The molecule has 3 heteroatoms. The molecular weight excluding hydrogens is 264 g/mol. The highest BCUT2D eigenvalue weighted by atomic mass is 32.1. The van der Waals surface area contributed by atoms with Crippen molar-refractivity contribution < 1.29 is 0 Å². The van der Waals surface area contributed by atoms with E-state index in [0.29, 0.717) is 0 Å². The van der Waals surface area contributed by atoms with Crippen LogP contribution in [0.15, 0.2) is 18.2 Å². The topological polar surface area (TPSA) is 24.9 Å². The number of benzene rings is 1. The predicted molar refractivity (Wildman–Crippen MR) is 88.6 cm³/mol. The van der Waals surface area contributed by atoms with E-state index in [1.54, 1.807) is 11.3 Å². The molecule has 1 aromatic carbocycles. The zero-order chi connectivity index (χ0) is 13.9. The van der Waals surface area contributed by atoms with Gasteiger partial charge in [-0.05, 0) is 49.3 Å². The molecular formula is C17H24N2S. The van der Waals surface area contributed by atoms with E-state index >= 15 is 0 Å². The van der Waals surface area contributed by atoms with E-state index < -0.39 is 0 Å². The van der Waals surface area contributed by atoms with Gasteiger partial charge >= 0.3 is 0 Å². The van der Waals surface area contributed by atoms with Crippen LogP contribution in [0.3, 0.4) is 0 Å². The van der Waals surface area contributed by atoms with Gasteiger partial charge in [-0.15, -0.1) is 0 Å². The number of hydrogen-bond donors (Lipinski definition) is 1. The predicted octanol–water partition coefficient (Wildman–Crippen LogP) is 5.23. The van der Waals surface area contributed by atoms with Crippen LogP contribution in [0.4, 0.5) is 5.13 Å². The molecule has 1 N–H and O–H groups in total. The molecule has 0 spiro atoms. The minimum Gasteiger partial charge on any atom is -0.361 e. The second-order valence-electron chi connectivity index (χ2n) is 6.34. The molecule has 0 aliphatic heterocycles. The first-order valence-electron chi connectivity index (χ1n) is 7.82. The van der Waals surface area contributed by atoms with Gasteiger partial charge in [-0.2, -0.15) is 0 Å². The van der Waals surface area contributed by atoms with Crippen LogP contribution < -0.4 is 5.32 Å². The molecule has 1 heterocycles. The molecule has 1 saturated carbocycles. The van der Waals surface area contributed by atoms with Crippen molar-refractivity contribution in [3.8, 4) is 0 Å². The van der Waals surface area contributed by atoms with Gasteiger partial charge in [0.15, 0.2) is 5.13 Å². The number of nitrogens with zero attached hydrogens (tertiary/aromatic N) is 1. The zero-order valence-electron chi connectivity index (χ0n) is 12.5. The summed E-state index contributed by atoms with van der Waals surface area (Å²) in [6.07, 6.45) is 6.98. The van der Waals surface area contributed by atoms with Crippen LogP contribution in [0.5, 0.6) is 0 Å². The summed E-state index contributed by atoms with van der Waals surface area (Å²) < 4.78 is 1.29. The summed E-state index contributed by atoms with van der Waals surface area (Å²) in [5, 5.41) is 4.60. The van der Waals surface area contributed by atoms with Gasteiger partial charge in [0.25, 0.3) is 0 Å². The number of aryl methyl sites for hydroxylation is 1. The first kappa shape index (κ1) is 13.9. The Morgan fingerprint density at radius 3 is 3.10 bits per heavy atom. The third kappa shape index (κ3) is 3.32. The number of aromatic nitrogens is 1. The third-order valence-electron chi connectivity index (χ3n) is 4.42. The molecule has 1 fully saturated rings. The van der Waals surface area contributed by atoms with Crippen LogP contribution in [-0.2, 0) is 0 Å². The largest absolute Gasteiger partial charge is 0.361 e. The highest BCUT2D eigenvalue weighted by Crippen LogP contribution is 2.31. The average Bonchev–Trinajstić information content (AvgIpc) is 2.80. The minimum atomic E-state index is 0.919. The van der Waals surface area contributed by atoms with Crippen molar-refractivity contribution >= 4 is 26.7 Å². The van der Waals surface area contributed by atoms with Crippen LogP contribution in [0.2, 0.25) is 0 Å². The van der Waals surface area contributed by atoms with Gasteiger partial charge in [-0.3, -0.25) is 0 Å². The molecule has 3 rings (SSSR count). The number of thiazole rings is 1. The van der Waals surface area contributed by atoms with E-state index in [-0.39, 0.29) is 0 Å². The summed E-state index contributed by atoms with van der Waals surface area (Å²) in [5.74, 6) is 1.85. The average molecular weight is 288 g/mol. The smallest absolute Gasteiger partial charge is 0.183 e. The van der Waals surface area contributed by atoms with Gasteiger partial charge in [-0.25, -0.2) is 4.98 Å². The normalized spacial score (nSPS) is 23.1. The molecule has 0 saturated heterocycles. The maximum absolute atomic E-state index is 4.66. The first-order chi connectivity index (χ1) is 9.70. The lowest BCUT2D eigenvalue weighted by molar-refractivity contribution is 0.274. The monoisotopic (exact) mass is 288 g/mol. The molecule has 20 heavy (non-hydrogen) atoms. The summed E-state index contributed by atoms with van der Waals surface area (Å²) >= 11 is 1.78. The van der Waals surface area contributed by atoms with Gasteiger partial charge in [0.1, 0.15) is 0 Å². The van der Waals surface area contributed by atoms with Crippen molar-refractivity contribution in [3.05, 3.63) is 23.8 Å². The Labute approximate surface area is 125 Å². The minimum absolute atomic E-state index is 0.919. The fourth-order valence-corrected chi connectivity index (χ4v) is 4.30. The summed E-state index contributed by atoms with van der Waals surface area (Å²) in [5.41, 5.74) is 2.43. The highest BCUT2D eigenvalue weighted by molar-refractivity contribution is 7.22. The molecule has 2 atom stereocenters. The molecule has 0 amide bonds. The molecule has 0 radical (unpaired) electrons. The van der Waals surface area contributed by atoms with Crippen LogP contribution in [-0.4, -0.2) is 11.5 Å². The lowest BCUT2D eigenvalue weighted by atomic mass is 9.81. The van der Waals surface area contributed by atoms with Crippen LogP contribution in [0.1, 0.15) is 44.6 Å². The molecule has 1 aromatic heterocycles. The second-order valence-corrected chi connectivity index (χ2v) is 7.37. The number of rotatable bonds is 4. The number of nitrogens with one attached hydrogen (secondary N) is 1. The number of anilines is 1. The molecule has 1 aliphatic rings. The van der Waals surface area contributed by atoms with Crippen LogP contribution in [0.25, 0.3) is 10.2 Å². The fourth-order valence-electron chi connectivity index (χ4n) is 3.31. The Hall–Kier alpha value is -1.09. The van der Waals surface area contributed by atoms with Crippen molar-refractivity contribution in [2.75, 3.05) is 11.9 Å². The quantitative estimate of drug-likeness (QED) is 0.833. The van der Waals surface area contributed by atoms with Gasteiger partial charge in [0, 0.05) is 6.54 Å². The van der Waals surface area contributed by atoms with E-state index in [0.717, 1.165) is 29.0 Å². The van der Waals surface area contributed by atoms with Crippen molar-refractivity contribution in [2.45, 2.75) is 46.0 Å². The lowest BCUT2D eigenvalue weighted by Gasteiger charge is -2.26. The van der Waals surface area contributed by atoms with Gasteiger partial charge in [0.05, 0.1) is 10.2 Å². The van der Waals surface area contributed by atoms with Crippen LogP contribution >= 0.6 is 11.3 Å². The Bertz CT molecular complexity index is 575. The Balaban J connectivity index is 1.54. The number of hydrogen-bond acceptors (Lipinski definition) is 3. The third-order valence-corrected chi connectivity index (χ3v) is 5.39. The number of fused-ring (bicyclic) bond motifs is 1. The Morgan fingerprint density at radius 2 is 2.25 bits per heavy atom. The summed E-state index contributed by atoms with van der Waals surface area (Å²) in [6, 6.07) is 6.48. The first-order valence-corrected chi connectivity index (χ1v) is 8.63. The molecule has 108 valence electrons. The molecule has 0 bridgehead atoms.